The van der Waals surface area contributed by atoms with Crippen molar-refractivity contribution in [1.29, 1.82) is 0 Å². The summed E-state index contributed by atoms with van der Waals surface area (Å²) >= 11 is 2.21. The monoisotopic (exact) mass is 1220 g/mol. The fraction of sp³-hybridized carbons (Fsp3) is 0.214. The largest absolute Gasteiger partial charge is 0.466 e. The smallest absolute Gasteiger partial charge is 0.274 e. The minimum atomic E-state index is -2.74. The average molecular weight is 1220 g/mol. The van der Waals surface area contributed by atoms with E-state index in [1.54, 1.807) is 26.0 Å². The molecule has 2 saturated carbocycles. The van der Waals surface area contributed by atoms with Gasteiger partial charge in [0.15, 0.2) is 11.3 Å². The molecule has 12 aromatic rings. The summed E-state index contributed by atoms with van der Waals surface area (Å²) < 4.78 is 126. The third-order valence-electron chi connectivity index (χ3n) is 14.5. The van der Waals surface area contributed by atoms with Crippen molar-refractivity contribution in [1.82, 2.24) is 68.2 Å². The quantitative estimate of drug-likeness (QED) is 0.108. The van der Waals surface area contributed by atoms with E-state index in [1.165, 1.54) is 95.1 Å². The van der Waals surface area contributed by atoms with Crippen molar-refractivity contribution >= 4 is 67.7 Å². The lowest BCUT2D eigenvalue weighted by molar-refractivity contribution is -0.135. The molecule has 0 radical (unpaired) electrons. The van der Waals surface area contributed by atoms with E-state index in [2.05, 4.69) is 39.9 Å². The molecule has 0 unspecified atom stereocenters. The van der Waals surface area contributed by atoms with Crippen LogP contribution in [0.2, 0.25) is 0 Å². The minimum absolute atomic E-state index is 0.0492. The van der Waals surface area contributed by atoms with Crippen molar-refractivity contribution in [3.05, 3.63) is 166 Å². The summed E-state index contributed by atoms with van der Waals surface area (Å²) in [6.45, 7) is 3.47. The van der Waals surface area contributed by atoms with Gasteiger partial charge in [0.2, 0.25) is 0 Å². The van der Waals surface area contributed by atoms with Crippen LogP contribution >= 0.6 is 22.7 Å². The lowest BCUT2D eigenvalue weighted by atomic mass is 9.91. The molecule has 10 heterocycles. The number of nitrogens with two attached hydrogens (primary N) is 2. The molecule has 2 fully saturated rings. The van der Waals surface area contributed by atoms with E-state index >= 15 is 0 Å². The molecule has 10 aromatic heterocycles. The van der Waals surface area contributed by atoms with Crippen molar-refractivity contribution in [3.63, 3.8) is 0 Å². The Morgan fingerprint density at radius 2 is 0.965 bits per heavy atom. The second-order valence-electron chi connectivity index (χ2n) is 20.4. The number of nitrogen functional groups attached to an aromatic ring is 2. The molecule has 14 rings (SSSR count). The number of benzene rings is 2. The second kappa shape index (κ2) is 21.0. The number of hydrogen-bond acceptors (Lipinski definition) is 18. The number of fused-ring (bicyclic) bond motifs is 4. The molecule has 30 heteroatoms. The summed E-state index contributed by atoms with van der Waals surface area (Å²) in [5.74, 6) is -7.64. The Morgan fingerprint density at radius 1 is 0.558 bits per heavy atom. The van der Waals surface area contributed by atoms with Crippen LogP contribution in [0.25, 0.3) is 76.8 Å². The van der Waals surface area contributed by atoms with Gasteiger partial charge >= 0.3 is 0 Å². The van der Waals surface area contributed by atoms with Crippen LogP contribution in [0, 0.1) is 23.3 Å². The van der Waals surface area contributed by atoms with E-state index < -0.39 is 70.5 Å². The Bertz CT molecular complexity index is 4500. The summed E-state index contributed by atoms with van der Waals surface area (Å²) in [7, 11) is 0. The second-order valence-corrected chi connectivity index (χ2v) is 22.4. The van der Waals surface area contributed by atoms with Crippen molar-refractivity contribution in [2.75, 3.05) is 11.5 Å². The number of aromatic nitrogens is 14. The van der Waals surface area contributed by atoms with Gasteiger partial charge in [0.25, 0.3) is 33.4 Å². The van der Waals surface area contributed by atoms with Crippen LogP contribution in [0.4, 0.5) is 46.8 Å². The Hall–Kier alpha value is -9.84. The van der Waals surface area contributed by atoms with E-state index in [0.717, 1.165) is 43.9 Å². The number of nitrogens with zero attached hydrogens (tertiary/aromatic N) is 14. The predicted octanol–water partition coefficient (Wildman–Crippen LogP) is 10.5. The van der Waals surface area contributed by atoms with Crippen molar-refractivity contribution in [3.8, 4) is 53.8 Å². The number of rotatable bonds is 12. The summed E-state index contributed by atoms with van der Waals surface area (Å²) in [4.78, 5) is 63.4. The van der Waals surface area contributed by atoms with Crippen LogP contribution in [-0.2, 0) is 0 Å². The maximum atomic E-state index is 14.3. The zero-order valence-corrected chi connectivity index (χ0v) is 46.1. The molecular weight excluding hydrogens is 1180 g/mol. The minimum Gasteiger partial charge on any atom is -0.466 e. The number of hydrogen-bond donors (Lipinski definition) is 2. The van der Waals surface area contributed by atoms with E-state index in [4.69, 9.17) is 31.1 Å². The fourth-order valence-corrected chi connectivity index (χ4v) is 12.0. The third kappa shape index (κ3) is 10.1. The van der Waals surface area contributed by atoms with Crippen LogP contribution in [0.1, 0.15) is 63.0 Å². The summed E-state index contributed by atoms with van der Waals surface area (Å²) in [6.07, 6.45) is 4.78. The van der Waals surface area contributed by atoms with E-state index in [0.29, 0.717) is 43.2 Å². The van der Waals surface area contributed by atoms with E-state index in [1.807, 2.05) is 0 Å². The van der Waals surface area contributed by atoms with Gasteiger partial charge in [-0.05, 0) is 73.5 Å². The maximum Gasteiger partial charge on any atom is 0.274 e. The number of thiazole rings is 2. The van der Waals surface area contributed by atoms with Crippen LogP contribution in [0.5, 0.6) is 10.4 Å². The number of alkyl halides is 4. The number of anilines is 2. The zero-order chi connectivity index (χ0) is 60.1. The normalized spacial score (nSPS) is 15.6. The third-order valence-corrected chi connectivity index (χ3v) is 16.3. The first-order chi connectivity index (χ1) is 41.2. The Kier molecular flexibility index (Phi) is 13.5. The zero-order valence-electron chi connectivity index (χ0n) is 44.4. The van der Waals surface area contributed by atoms with Gasteiger partial charge in [0.1, 0.15) is 82.4 Å². The molecule has 0 bridgehead atoms. The van der Waals surface area contributed by atoms with Gasteiger partial charge in [0.05, 0.1) is 67.5 Å². The lowest BCUT2D eigenvalue weighted by Crippen LogP contribution is -2.43. The van der Waals surface area contributed by atoms with E-state index in [-0.39, 0.29) is 92.6 Å². The SMILES string of the molecule is C[C@@H](c1nc2ccc(F)cn2c(=O)c1-c1cccc(F)c1)n1nc(-c2cnc(OC3CC(F)(F)C3)s2)c2c(N)ncnc21.C[C@H](c1nc2ccc(F)cn2c(=O)c1-c1cccc(F)c1)n1nc(-c2cnc(OC3CC(F)(F)C3)s2)c2c(N)ncnc21. The van der Waals surface area contributed by atoms with Gasteiger partial charge in [-0.25, -0.2) is 84.4 Å². The van der Waals surface area contributed by atoms with Gasteiger partial charge in [0, 0.05) is 38.1 Å². The molecule has 2 aliphatic carbocycles. The molecule has 436 valence electrons. The van der Waals surface area contributed by atoms with Gasteiger partial charge < -0.3 is 20.9 Å². The predicted molar refractivity (Wildman–Crippen MR) is 300 cm³/mol. The molecule has 2 atom stereocenters. The Morgan fingerprint density at radius 3 is 1.35 bits per heavy atom. The lowest BCUT2D eigenvalue weighted by Gasteiger charge is -2.33. The topological polar surface area (TPSA) is 252 Å². The summed E-state index contributed by atoms with van der Waals surface area (Å²) in [5, 5.41) is 10.7. The van der Waals surface area contributed by atoms with Crippen molar-refractivity contribution < 1.29 is 44.6 Å². The highest BCUT2D eigenvalue weighted by Crippen LogP contribution is 2.45. The van der Waals surface area contributed by atoms with Gasteiger partial charge in [-0.1, -0.05) is 46.9 Å². The molecule has 2 aromatic carbocycles. The molecule has 4 N–H and O–H groups in total. The van der Waals surface area contributed by atoms with Crippen LogP contribution < -0.4 is 32.1 Å². The van der Waals surface area contributed by atoms with Gasteiger partial charge in [-0.15, -0.1) is 0 Å². The molecule has 0 spiro atoms. The molecule has 0 amide bonds. The van der Waals surface area contributed by atoms with Crippen LogP contribution in [0.3, 0.4) is 0 Å². The number of pyridine rings is 2. The molecule has 0 aliphatic heterocycles. The first-order valence-electron chi connectivity index (χ1n) is 26.1. The molecule has 20 nitrogen and oxygen atoms in total. The summed E-state index contributed by atoms with van der Waals surface area (Å²) in [6, 6.07) is 14.5. The van der Waals surface area contributed by atoms with Crippen LogP contribution in [-0.4, -0.2) is 92.3 Å². The standard InChI is InChI=1S/2C28H20F4N8O2S/c2*1-13(22-20(14-3-2-4-15(29)7-14)26(41)39-11-16(30)5-6-19(39)37-22)40-25-21(24(33)35-12-36-25)23(38-40)18-10-34-27(43-18)42-17-8-28(31,32)9-17/h2*2-7,10-13,17H,8-9H2,1H3,(H2,33,35,36)/t2*13-/m10/s1. The molecule has 86 heavy (non-hydrogen) atoms. The van der Waals surface area contributed by atoms with Crippen molar-refractivity contribution in [2.45, 2.75) is 75.7 Å². The highest BCUT2D eigenvalue weighted by atomic mass is 32.1. The first-order valence-corrected chi connectivity index (χ1v) is 27.7. The average Bonchev–Trinajstić information content (AvgIpc) is 1.67. The first kappa shape index (κ1) is 55.4. The molecular formula is C56H40F8N16O4S2. The fourth-order valence-electron chi connectivity index (χ4n) is 10.3. The molecule has 2 aliphatic rings. The van der Waals surface area contributed by atoms with E-state index in [9.17, 15) is 44.7 Å². The van der Waals surface area contributed by atoms with Gasteiger partial charge in [-0.2, -0.15) is 10.2 Å². The van der Waals surface area contributed by atoms with Crippen LogP contribution in [0.15, 0.2) is 120 Å². The number of ether oxygens (including phenoxy) is 2. The van der Waals surface area contributed by atoms with Gasteiger partial charge in [-0.3, -0.25) is 18.4 Å². The highest BCUT2D eigenvalue weighted by molar-refractivity contribution is 7.17. The number of halogens is 8. The van der Waals surface area contributed by atoms with Crippen molar-refractivity contribution in [2.24, 2.45) is 0 Å². The Labute approximate surface area is 485 Å². The highest BCUT2D eigenvalue weighted by Gasteiger charge is 2.48. The summed E-state index contributed by atoms with van der Waals surface area (Å²) in [5.41, 5.74) is 14.1. The maximum absolute atomic E-state index is 14.3. The Balaban J connectivity index is 0.000000160. The molecule has 0 saturated heterocycles.